The van der Waals surface area contributed by atoms with Gasteiger partial charge in [0.2, 0.25) is 17.1 Å². The highest BCUT2D eigenvalue weighted by Gasteiger charge is 2.31. The zero-order valence-electron chi connectivity index (χ0n) is 18.0. The summed E-state index contributed by atoms with van der Waals surface area (Å²) < 4.78 is 7.38. The number of aryl methyl sites for hydroxylation is 2. The first-order valence-electron chi connectivity index (χ1n) is 10.6. The molecular formula is C24H24N4O4. The molecule has 32 heavy (non-hydrogen) atoms. The molecule has 4 aromatic rings. The first-order valence-corrected chi connectivity index (χ1v) is 10.6. The lowest BCUT2D eigenvalue weighted by atomic mass is 9.95. The number of aromatic nitrogens is 3. The molecule has 1 unspecified atom stereocenters. The first-order chi connectivity index (χ1) is 15.4. The van der Waals surface area contributed by atoms with Crippen LogP contribution in [0.4, 0.5) is 0 Å². The minimum absolute atomic E-state index is 0.0506. The number of aromatic amines is 1. The van der Waals surface area contributed by atoms with Crippen LogP contribution in [0.1, 0.15) is 40.8 Å². The van der Waals surface area contributed by atoms with Crippen molar-refractivity contribution >= 4 is 16.8 Å². The fourth-order valence-electron chi connectivity index (χ4n) is 4.63. The van der Waals surface area contributed by atoms with Gasteiger partial charge in [0.25, 0.3) is 0 Å². The van der Waals surface area contributed by atoms with Crippen LogP contribution in [0.5, 0.6) is 5.75 Å². The van der Waals surface area contributed by atoms with E-state index in [9.17, 15) is 14.7 Å². The van der Waals surface area contributed by atoms with Crippen molar-refractivity contribution in [3.05, 3.63) is 81.3 Å². The number of rotatable bonds is 4. The molecule has 4 heterocycles. The third kappa shape index (κ3) is 3.37. The lowest BCUT2D eigenvalue weighted by Gasteiger charge is -2.29. The molecule has 0 bridgehead atoms. The molecule has 1 amide bonds. The summed E-state index contributed by atoms with van der Waals surface area (Å²) in [6.07, 6.45) is 2.44. The number of carbonyl (C=O) groups is 1. The number of hydrogen-bond acceptors (Lipinski definition) is 5. The van der Waals surface area contributed by atoms with E-state index >= 15 is 0 Å². The van der Waals surface area contributed by atoms with Gasteiger partial charge in [-0.05, 0) is 31.0 Å². The summed E-state index contributed by atoms with van der Waals surface area (Å²) in [7, 11) is 1.76. The van der Waals surface area contributed by atoms with Crippen molar-refractivity contribution in [1.29, 1.82) is 0 Å². The number of hydrogen-bond donors (Lipinski definition) is 2. The Morgan fingerprint density at radius 2 is 2.12 bits per heavy atom. The van der Waals surface area contributed by atoms with Gasteiger partial charge in [0.1, 0.15) is 5.76 Å². The van der Waals surface area contributed by atoms with Crippen molar-refractivity contribution in [2.24, 2.45) is 7.05 Å². The van der Waals surface area contributed by atoms with E-state index in [1.165, 1.54) is 17.0 Å². The van der Waals surface area contributed by atoms with Crippen LogP contribution in [0.2, 0.25) is 0 Å². The van der Waals surface area contributed by atoms with Crippen LogP contribution in [0.15, 0.2) is 51.8 Å². The smallest absolute Gasteiger partial charge is 0.227 e. The van der Waals surface area contributed by atoms with Gasteiger partial charge in [-0.25, -0.2) is 0 Å². The van der Waals surface area contributed by atoms with Crippen molar-refractivity contribution < 1.29 is 14.3 Å². The molecule has 164 valence electrons. The molecule has 5 rings (SSSR count). The summed E-state index contributed by atoms with van der Waals surface area (Å²) in [5.74, 6) is -0.708. The van der Waals surface area contributed by atoms with Crippen LogP contribution >= 0.6 is 0 Å². The van der Waals surface area contributed by atoms with Crippen molar-refractivity contribution in [3.8, 4) is 5.75 Å². The van der Waals surface area contributed by atoms with Gasteiger partial charge in [-0.15, -0.1) is 0 Å². The average molecular weight is 432 g/mol. The van der Waals surface area contributed by atoms with Crippen LogP contribution in [0.3, 0.4) is 0 Å². The molecule has 0 saturated carbocycles. The summed E-state index contributed by atoms with van der Waals surface area (Å²) in [6.45, 7) is 2.74. The summed E-state index contributed by atoms with van der Waals surface area (Å²) >= 11 is 0. The highest BCUT2D eigenvalue weighted by molar-refractivity contribution is 5.85. The van der Waals surface area contributed by atoms with Gasteiger partial charge >= 0.3 is 0 Å². The Labute approximate surface area is 184 Å². The summed E-state index contributed by atoms with van der Waals surface area (Å²) in [5, 5.41) is 15.8. The monoisotopic (exact) mass is 432 g/mol. The van der Waals surface area contributed by atoms with Gasteiger partial charge < -0.3 is 19.4 Å². The number of aromatic hydroxyl groups is 1. The Bertz CT molecular complexity index is 1380. The molecule has 0 fully saturated rings. The SMILES string of the molecule is Cc1cc(=O)c(O)c(C(CC(=O)N2CCc3c([nH]c4ccccc34)C2)c2ccnn2C)o1. The Morgan fingerprint density at radius 1 is 1.31 bits per heavy atom. The van der Waals surface area contributed by atoms with Crippen molar-refractivity contribution in [2.45, 2.75) is 32.2 Å². The second-order valence-electron chi connectivity index (χ2n) is 8.26. The third-order valence-electron chi connectivity index (χ3n) is 6.22. The van der Waals surface area contributed by atoms with E-state index in [4.69, 9.17) is 4.42 Å². The molecule has 3 aromatic heterocycles. The topological polar surface area (TPSA) is 104 Å². The minimum Gasteiger partial charge on any atom is -0.502 e. The van der Waals surface area contributed by atoms with Crippen molar-refractivity contribution in [1.82, 2.24) is 19.7 Å². The van der Waals surface area contributed by atoms with Gasteiger partial charge in [-0.3, -0.25) is 14.3 Å². The van der Waals surface area contributed by atoms with Gasteiger partial charge in [0, 0.05) is 54.6 Å². The lowest BCUT2D eigenvalue weighted by Crippen LogP contribution is -2.36. The van der Waals surface area contributed by atoms with E-state index in [-0.39, 0.29) is 18.1 Å². The molecule has 8 heteroatoms. The highest BCUT2D eigenvalue weighted by atomic mass is 16.4. The standard InChI is InChI=1S/C24H24N4O4/c1-14-11-21(29)23(31)24(32-14)17(20-7-9-25-27(20)2)12-22(30)28-10-8-16-15-5-3-4-6-18(15)26-19(16)13-28/h3-7,9,11,17,26,31H,8,10,12-13H2,1-2H3. The lowest BCUT2D eigenvalue weighted by molar-refractivity contribution is -0.132. The molecule has 8 nitrogen and oxygen atoms in total. The average Bonchev–Trinajstić information content (AvgIpc) is 3.37. The van der Waals surface area contributed by atoms with E-state index in [1.807, 2.05) is 23.1 Å². The number of benzene rings is 1. The molecule has 0 aliphatic carbocycles. The van der Waals surface area contributed by atoms with Gasteiger partial charge in [-0.2, -0.15) is 5.10 Å². The fourth-order valence-corrected chi connectivity index (χ4v) is 4.63. The maximum Gasteiger partial charge on any atom is 0.227 e. The zero-order chi connectivity index (χ0) is 22.4. The third-order valence-corrected chi connectivity index (χ3v) is 6.22. The number of fused-ring (bicyclic) bond motifs is 3. The molecule has 0 saturated heterocycles. The van der Waals surface area contributed by atoms with Gasteiger partial charge in [-0.1, -0.05) is 18.2 Å². The molecule has 0 spiro atoms. The molecule has 1 aromatic carbocycles. The molecule has 1 aliphatic heterocycles. The number of nitrogens with one attached hydrogen (secondary N) is 1. The number of amides is 1. The largest absolute Gasteiger partial charge is 0.502 e. The van der Waals surface area contributed by atoms with E-state index in [1.54, 1.807) is 30.9 Å². The summed E-state index contributed by atoms with van der Waals surface area (Å²) in [6, 6.07) is 11.2. The van der Waals surface area contributed by atoms with Gasteiger partial charge in [0.05, 0.1) is 12.5 Å². The Morgan fingerprint density at radius 3 is 2.91 bits per heavy atom. The van der Waals surface area contributed by atoms with E-state index in [0.29, 0.717) is 24.5 Å². The number of carbonyl (C=O) groups excluding carboxylic acids is 1. The van der Waals surface area contributed by atoms with E-state index in [2.05, 4.69) is 16.1 Å². The highest BCUT2D eigenvalue weighted by Crippen LogP contribution is 2.34. The quantitative estimate of drug-likeness (QED) is 0.516. The second-order valence-corrected chi connectivity index (χ2v) is 8.26. The maximum atomic E-state index is 13.4. The molecular weight excluding hydrogens is 408 g/mol. The molecule has 2 N–H and O–H groups in total. The number of H-pyrrole nitrogens is 1. The summed E-state index contributed by atoms with van der Waals surface area (Å²) in [5.41, 5.74) is 3.55. The fraction of sp³-hybridized carbons (Fsp3) is 0.292. The van der Waals surface area contributed by atoms with Crippen LogP contribution < -0.4 is 5.43 Å². The van der Waals surface area contributed by atoms with Crippen LogP contribution in [0.25, 0.3) is 10.9 Å². The molecule has 1 atom stereocenters. The zero-order valence-corrected chi connectivity index (χ0v) is 18.0. The Balaban J connectivity index is 1.46. The van der Waals surface area contributed by atoms with Crippen LogP contribution in [-0.4, -0.2) is 37.2 Å². The summed E-state index contributed by atoms with van der Waals surface area (Å²) in [4.78, 5) is 30.8. The number of para-hydroxylation sites is 1. The van der Waals surface area contributed by atoms with Crippen LogP contribution in [-0.2, 0) is 24.8 Å². The predicted molar refractivity (Wildman–Crippen MR) is 118 cm³/mol. The van der Waals surface area contributed by atoms with Gasteiger partial charge in [0.15, 0.2) is 5.76 Å². The van der Waals surface area contributed by atoms with Crippen LogP contribution in [0, 0.1) is 6.92 Å². The van der Waals surface area contributed by atoms with Crippen molar-refractivity contribution in [2.75, 3.05) is 6.54 Å². The predicted octanol–water partition coefficient (Wildman–Crippen LogP) is 2.98. The Kier molecular flexibility index (Phi) is 4.84. The second kappa shape index (κ2) is 7.71. The normalized spacial score (nSPS) is 14.5. The molecule has 1 aliphatic rings. The van der Waals surface area contributed by atoms with E-state index < -0.39 is 17.1 Å². The minimum atomic E-state index is -0.633. The van der Waals surface area contributed by atoms with E-state index in [0.717, 1.165) is 17.6 Å². The molecule has 0 radical (unpaired) electrons. The van der Waals surface area contributed by atoms with Crippen molar-refractivity contribution in [3.63, 3.8) is 0 Å². The first kappa shape index (κ1) is 20.1. The maximum absolute atomic E-state index is 13.4. The number of nitrogens with zero attached hydrogens (tertiary/aromatic N) is 3. The Hall–Kier alpha value is -3.81.